The molecule has 1 heterocycles. The minimum Gasteiger partial charge on any atom is -0.390 e. The number of rotatable bonds is 4. The number of hydrogen-bond acceptors (Lipinski definition) is 3. The van der Waals surface area contributed by atoms with E-state index in [1.807, 2.05) is 36.0 Å². The molecule has 1 aromatic carbocycles. The van der Waals surface area contributed by atoms with Gasteiger partial charge >= 0.3 is 0 Å². The van der Waals surface area contributed by atoms with Gasteiger partial charge in [0.15, 0.2) is 0 Å². The van der Waals surface area contributed by atoms with Crippen LogP contribution in [-0.4, -0.2) is 34.2 Å². The van der Waals surface area contributed by atoms with Crippen LogP contribution in [-0.2, 0) is 18.2 Å². The standard InChI is InChI=1S/C16H24N2O2/c1-16(2,3)15(20-5)14(19)10-12-11-8-6-7-9-13(11)18(4)17-12/h6-9,14-15,19H,10H2,1-5H3. The molecule has 0 fully saturated rings. The zero-order valence-corrected chi connectivity index (χ0v) is 12.9. The van der Waals surface area contributed by atoms with Gasteiger partial charge in [0.2, 0.25) is 0 Å². The number of fused-ring (bicyclic) bond motifs is 1. The molecule has 2 unspecified atom stereocenters. The Morgan fingerprint density at radius 2 is 1.95 bits per heavy atom. The molecule has 0 aliphatic heterocycles. The van der Waals surface area contributed by atoms with Crippen molar-refractivity contribution in [2.75, 3.05) is 7.11 Å². The van der Waals surface area contributed by atoms with Crippen molar-refractivity contribution in [2.45, 2.75) is 39.4 Å². The van der Waals surface area contributed by atoms with Gasteiger partial charge in [-0.05, 0) is 11.5 Å². The predicted octanol–water partition coefficient (Wildman–Crippen LogP) is 2.54. The summed E-state index contributed by atoms with van der Waals surface area (Å²) in [7, 11) is 3.57. The van der Waals surface area contributed by atoms with E-state index in [2.05, 4.69) is 25.9 Å². The number of aromatic nitrogens is 2. The predicted molar refractivity (Wildman–Crippen MR) is 80.7 cm³/mol. The summed E-state index contributed by atoms with van der Waals surface area (Å²) >= 11 is 0. The average molecular weight is 276 g/mol. The number of aliphatic hydroxyl groups excluding tert-OH is 1. The molecule has 4 nitrogen and oxygen atoms in total. The molecule has 20 heavy (non-hydrogen) atoms. The number of benzene rings is 1. The van der Waals surface area contributed by atoms with E-state index < -0.39 is 6.10 Å². The van der Waals surface area contributed by atoms with Gasteiger partial charge in [-0.1, -0.05) is 39.0 Å². The maximum absolute atomic E-state index is 10.5. The molecule has 0 radical (unpaired) electrons. The zero-order chi connectivity index (χ0) is 14.9. The van der Waals surface area contributed by atoms with Crippen molar-refractivity contribution in [3.63, 3.8) is 0 Å². The summed E-state index contributed by atoms with van der Waals surface area (Å²) < 4.78 is 7.34. The van der Waals surface area contributed by atoms with Crippen LogP contribution >= 0.6 is 0 Å². The van der Waals surface area contributed by atoms with E-state index >= 15 is 0 Å². The van der Waals surface area contributed by atoms with Crippen molar-refractivity contribution in [3.05, 3.63) is 30.0 Å². The van der Waals surface area contributed by atoms with Crippen LogP contribution in [0.2, 0.25) is 0 Å². The molecule has 0 aliphatic carbocycles. The summed E-state index contributed by atoms with van der Waals surface area (Å²) in [5, 5.41) is 16.1. The molecular formula is C16H24N2O2. The van der Waals surface area contributed by atoms with E-state index in [0.29, 0.717) is 6.42 Å². The Morgan fingerprint density at radius 3 is 2.55 bits per heavy atom. The molecule has 2 rings (SSSR count). The second kappa shape index (κ2) is 5.54. The van der Waals surface area contributed by atoms with Gasteiger partial charge in [-0.3, -0.25) is 4.68 Å². The van der Waals surface area contributed by atoms with Crippen LogP contribution in [0.1, 0.15) is 26.5 Å². The Balaban J connectivity index is 2.28. The fraction of sp³-hybridized carbons (Fsp3) is 0.562. The molecule has 4 heteroatoms. The molecule has 0 saturated carbocycles. The number of aryl methyl sites for hydroxylation is 1. The first-order valence-corrected chi connectivity index (χ1v) is 6.96. The number of aliphatic hydroxyl groups is 1. The Hall–Kier alpha value is -1.39. The van der Waals surface area contributed by atoms with Gasteiger partial charge < -0.3 is 9.84 Å². The van der Waals surface area contributed by atoms with Crippen molar-refractivity contribution < 1.29 is 9.84 Å². The maximum atomic E-state index is 10.5. The Bertz CT molecular complexity index is 584. The van der Waals surface area contributed by atoms with Crippen LogP contribution in [0.15, 0.2) is 24.3 Å². The highest BCUT2D eigenvalue weighted by Gasteiger charge is 2.32. The lowest BCUT2D eigenvalue weighted by Crippen LogP contribution is -2.40. The average Bonchev–Trinajstić information content (AvgIpc) is 2.66. The lowest BCUT2D eigenvalue weighted by Gasteiger charge is -2.33. The highest BCUT2D eigenvalue weighted by Crippen LogP contribution is 2.27. The Kier molecular flexibility index (Phi) is 4.16. The summed E-state index contributed by atoms with van der Waals surface area (Å²) in [6, 6.07) is 8.08. The van der Waals surface area contributed by atoms with Crippen LogP contribution in [0.5, 0.6) is 0 Å². The van der Waals surface area contributed by atoms with Gasteiger partial charge in [0, 0.05) is 26.0 Å². The largest absolute Gasteiger partial charge is 0.390 e. The summed E-state index contributed by atoms with van der Waals surface area (Å²) in [5.41, 5.74) is 1.89. The lowest BCUT2D eigenvalue weighted by molar-refractivity contribution is -0.0701. The van der Waals surface area contributed by atoms with Crippen LogP contribution < -0.4 is 0 Å². The monoisotopic (exact) mass is 276 g/mol. The molecule has 0 amide bonds. The quantitative estimate of drug-likeness (QED) is 0.933. The third-order valence-electron chi connectivity index (χ3n) is 3.69. The normalized spacial score (nSPS) is 15.5. The van der Waals surface area contributed by atoms with Crippen molar-refractivity contribution in [1.29, 1.82) is 0 Å². The van der Waals surface area contributed by atoms with Crippen LogP contribution in [0, 0.1) is 5.41 Å². The molecule has 110 valence electrons. The first kappa shape index (κ1) is 15.0. The molecule has 1 N–H and O–H groups in total. The van der Waals surface area contributed by atoms with Gasteiger partial charge in [0.25, 0.3) is 0 Å². The SMILES string of the molecule is COC(C(O)Cc1nn(C)c2ccccc12)C(C)(C)C. The number of hydrogen-bond donors (Lipinski definition) is 1. The Labute approximate surface area is 120 Å². The minimum atomic E-state index is -0.571. The van der Waals surface area contributed by atoms with Gasteiger partial charge in [-0.2, -0.15) is 5.10 Å². The Morgan fingerprint density at radius 1 is 1.30 bits per heavy atom. The van der Waals surface area contributed by atoms with Crippen molar-refractivity contribution in [2.24, 2.45) is 12.5 Å². The highest BCUT2D eigenvalue weighted by molar-refractivity contribution is 5.81. The van der Waals surface area contributed by atoms with E-state index in [9.17, 15) is 5.11 Å². The summed E-state index contributed by atoms with van der Waals surface area (Å²) in [5.74, 6) is 0. The zero-order valence-electron chi connectivity index (χ0n) is 12.9. The van der Waals surface area contributed by atoms with Crippen LogP contribution in [0.3, 0.4) is 0 Å². The minimum absolute atomic E-state index is 0.112. The van der Waals surface area contributed by atoms with E-state index in [4.69, 9.17) is 4.74 Å². The maximum Gasteiger partial charge on any atom is 0.0882 e. The van der Waals surface area contributed by atoms with Crippen molar-refractivity contribution >= 4 is 10.9 Å². The van der Waals surface area contributed by atoms with Gasteiger partial charge in [-0.25, -0.2) is 0 Å². The van der Waals surface area contributed by atoms with E-state index in [-0.39, 0.29) is 11.5 Å². The van der Waals surface area contributed by atoms with Crippen molar-refractivity contribution in [1.82, 2.24) is 9.78 Å². The summed E-state index contributed by atoms with van der Waals surface area (Å²) in [4.78, 5) is 0. The van der Waals surface area contributed by atoms with Crippen molar-refractivity contribution in [3.8, 4) is 0 Å². The molecule has 2 aromatic rings. The van der Waals surface area contributed by atoms with Gasteiger partial charge in [0.1, 0.15) is 0 Å². The van der Waals surface area contributed by atoms with E-state index in [0.717, 1.165) is 16.6 Å². The highest BCUT2D eigenvalue weighted by atomic mass is 16.5. The number of para-hydroxylation sites is 1. The number of methoxy groups -OCH3 is 1. The fourth-order valence-corrected chi connectivity index (χ4v) is 2.83. The first-order chi connectivity index (χ1) is 9.34. The molecule has 0 spiro atoms. The van der Waals surface area contributed by atoms with E-state index in [1.165, 1.54) is 0 Å². The van der Waals surface area contributed by atoms with Crippen LogP contribution in [0.4, 0.5) is 0 Å². The first-order valence-electron chi connectivity index (χ1n) is 6.96. The van der Waals surface area contributed by atoms with Gasteiger partial charge in [0.05, 0.1) is 23.4 Å². The molecule has 0 aliphatic rings. The fourth-order valence-electron chi connectivity index (χ4n) is 2.83. The summed E-state index contributed by atoms with van der Waals surface area (Å²) in [6.07, 6.45) is -0.293. The third-order valence-corrected chi connectivity index (χ3v) is 3.69. The lowest BCUT2D eigenvalue weighted by atomic mass is 9.84. The number of ether oxygens (including phenoxy) is 1. The van der Waals surface area contributed by atoms with E-state index in [1.54, 1.807) is 7.11 Å². The topological polar surface area (TPSA) is 47.3 Å². The second-order valence-electron chi connectivity index (χ2n) is 6.38. The van der Waals surface area contributed by atoms with Gasteiger partial charge in [-0.15, -0.1) is 0 Å². The second-order valence-corrected chi connectivity index (χ2v) is 6.38. The smallest absolute Gasteiger partial charge is 0.0882 e. The molecule has 2 atom stereocenters. The summed E-state index contributed by atoms with van der Waals surface area (Å²) in [6.45, 7) is 6.21. The molecular weight excluding hydrogens is 252 g/mol. The molecule has 0 bridgehead atoms. The molecule has 1 aromatic heterocycles. The van der Waals surface area contributed by atoms with Crippen LogP contribution in [0.25, 0.3) is 10.9 Å². The molecule has 0 saturated heterocycles. The third kappa shape index (κ3) is 2.86. The number of nitrogens with zero attached hydrogens (tertiary/aromatic N) is 2.